The maximum atomic E-state index is 11.0. The van der Waals surface area contributed by atoms with Gasteiger partial charge in [0, 0.05) is 5.02 Å². The van der Waals surface area contributed by atoms with Crippen molar-refractivity contribution in [1.29, 1.82) is 0 Å². The highest BCUT2D eigenvalue weighted by Crippen LogP contribution is 2.32. The third-order valence-electron chi connectivity index (χ3n) is 1.96. The van der Waals surface area contributed by atoms with Crippen molar-refractivity contribution in [3.8, 4) is 5.75 Å². The molecule has 0 aromatic heterocycles. The quantitative estimate of drug-likeness (QED) is 0.848. The second kappa shape index (κ2) is 6.07. The molecule has 0 heterocycles. The number of hydrogen-bond acceptors (Lipinski definition) is 2. The van der Waals surface area contributed by atoms with Crippen molar-refractivity contribution in [2.45, 2.75) is 13.8 Å². The van der Waals surface area contributed by atoms with Crippen molar-refractivity contribution in [3.05, 3.63) is 38.8 Å². The van der Waals surface area contributed by atoms with E-state index in [2.05, 4.69) is 15.9 Å². The maximum Gasteiger partial charge on any atom is 0.339 e. The summed E-state index contributed by atoms with van der Waals surface area (Å²) in [7, 11) is 0. The lowest BCUT2D eigenvalue weighted by Crippen LogP contribution is -2.04. The molecule has 5 heteroatoms. The summed E-state index contributed by atoms with van der Waals surface area (Å²) < 4.78 is 5.96. The molecule has 0 atom stereocenters. The zero-order valence-corrected chi connectivity index (χ0v) is 11.8. The van der Waals surface area contributed by atoms with E-state index >= 15 is 0 Å². The van der Waals surface area contributed by atoms with E-state index in [-0.39, 0.29) is 5.56 Å². The molecule has 0 aliphatic carbocycles. The van der Waals surface area contributed by atoms with Crippen LogP contribution in [0, 0.1) is 0 Å². The molecule has 0 spiro atoms. The molecule has 0 bridgehead atoms. The van der Waals surface area contributed by atoms with Gasteiger partial charge in [-0.25, -0.2) is 4.79 Å². The van der Waals surface area contributed by atoms with Gasteiger partial charge in [0.25, 0.3) is 0 Å². The Morgan fingerprint density at radius 1 is 1.53 bits per heavy atom. The number of rotatable bonds is 4. The van der Waals surface area contributed by atoms with Gasteiger partial charge in [-0.05, 0) is 48.0 Å². The van der Waals surface area contributed by atoms with E-state index < -0.39 is 5.97 Å². The Bertz CT molecular complexity index is 465. The normalized spacial score (nSPS) is 9.88. The summed E-state index contributed by atoms with van der Waals surface area (Å²) >= 11 is 9.03. The molecule has 0 unspecified atom stereocenters. The second-order valence-corrected chi connectivity index (χ2v) is 4.95. The van der Waals surface area contributed by atoms with Crippen molar-refractivity contribution < 1.29 is 14.6 Å². The minimum absolute atomic E-state index is 0.0477. The van der Waals surface area contributed by atoms with Crippen LogP contribution in [0.3, 0.4) is 0 Å². The fourth-order valence-corrected chi connectivity index (χ4v) is 2.08. The molecule has 0 radical (unpaired) electrons. The summed E-state index contributed by atoms with van der Waals surface area (Å²) in [5.74, 6) is -0.778. The Kier molecular flexibility index (Phi) is 5.02. The minimum atomic E-state index is -1.07. The fourth-order valence-electron chi connectivity index (χ4n) is 1.16. The number of carboxylic acids is 1. The van der Waals surface area contributed by atoms with Crippen molar-refractivity contribution in [1.82, 2.24) is 0 Å². The van der Waals surface area contributed by atoms with Crippen LogP contribution in [-0.4, -0.2) is 17.7 Å². The molecule has 0 aliphatic rings. The Morgan fingerprint density at radius 2 is 2.18 bits per heavy atom. The smallest absolute Gasteiger partial charge is 0.339 e. The lowest BCUT2D eigenvalue weighted by atomic mass is 10.2. The molecule has 17 heavy (non-hydrogen) atoms. The maximum absolute atomic E-state index is 11.0. The average molecular weight is 320 g/mol. The zero-order chi connectivity index (χ0) is 13.0. The summed E-state index contributed by atoms with van der Waals surface area (Å²) in [6.07, 6.45) is 1.87. The Labute approximate surface area is 113 Å². The second-order valence-electron chi connectivity index (χ2n) is 3.66. The van der Waals surface area contributed by atoms with E-state index in [4.69, 9.17) is 21.4 Å². The predicted molar refractivity (Wildman–Crippen MR) is 71.0 cm³/mol. The van der Waals surface area contributed by atoms with Gasteiger partial charge in [-0.15, -0.1) is 0 Å². The fraction of sp³-hybridized carbons (Fsp3) is 0.250. The zero-order valence-electron chi connectivity index (χ0n) is 9.46. The van der Waals surface area contributed by atoms with Crippen molar-refractivity contribution in [3.63, 3.8) is 0 Å². The Balaban J connectivity index is 3.04. The summed E-state index contributed by atoms with van der Waals surface area (Å²) in [5.41, 5.74) is 1.15. The van der Waals surface area contributed by atoms with E-state index in [1.807, 2.05) is 19.9 Å². The molecule has 1 aromatic rings. The van der Waals surface area contributed by atoms with Gasteiger partial charge < -0.3 is 9.84 Å². The third-order valence-corrected chi connectivity index (χ3v) is 2.77. The Morgan fingerprint density at radius 3 is 2.71 bits per heavy atom. The number of benzene rings is 1. The first kappa shape index (κ1) is 14.1. The number of carboxylic acid groups (broad SMARTS) is 1. The average Bonchev–Trinajstić information content (AvgIpc) is 2.19. The van der Waals surface area contributed by atoms with E-state index in [1.165, 1.54) is 6.07 Å². The first-order valence-corrected chi connectivity index (χ1v) is 6.07. The van der Waals surface area contributed by atoms with Crippen LogP contribution in [0.1, 0.15) is 24.2 Å². The summed E-state index contributed by atoms with van der Waals surface area (Å²) in [6, 6.07) is 2.97. The lowest BCUT2D eigenvalue weighted by molar-refractivity contribution is 0.0692. The molecular formula is C12H12BrClO3. The van der Waals surface area contributed by atoms with Crippen molar-refractivity contribution in [2.75, 3.05) is 6.61 Å². The summed E-state index contributed by atoms with van der Waals surface area (Å²) in [4.78, 5) is 11.0. The molecule has 0 fully saturated rings. The van der Waals surface area contributed by atoms with Crippen LogP contribution in [0.15, 0.2) is 28.3 Å². The number of halogens is 2. The first-order chi connectivity index (χ1) is 7.91. The van der Waals surface area contributed by atoms with Gasteiger partial charge in [-0.3, -0.25) is 0 Å². The van der Waals surface area contributed by atoms with E-state index in [9.17, 15) is 4.79 Å². The van der Waals surface area contributed by atoms with E-state index in [1.54, 1.807) is 6.07 Å². The molecule has 3 nitrogen and oxygen atoms in total. The molecule has 0 amide bonds. The molecule has 0 saturated heterocycles. The molecule has 1 rings (SSSR count). The summed E-state index contributed by atoms with van der Waals surface area (Å²) in [5, 5.41) is 9.40. The first-order valence-electron chi connectivity index (χ1n) is 4.90. The van der Waals surface area contributed by atoms with Gasteiger partial charge in [-0.2, -0.15) is 0 Å². The van der Waals surface area contributed by atoms with Crippen LogP contribution in [-0.2, 0) is 0 Å². The van der Waals surface area contributed by atoms with E-state index in [0.29, 0.717) is 21.9 Å². The van der Waals surface area contributed by atoms with Crippen molar-refractivity contribution >= 4 is 33.5 Å². The highest BCUT2D eigenvalue weighted by atomic mass is 79.9. The number of aromatic carboxylic acids is 1. The molecule has 0 saturated carbocycles. The van der Waals surface area contributed by atoms with Gasteiger partial charge in [0.2, 0.25) is 0 Å². The Hall–Kier alpha value is -1.00. The molecule has 1 aromatic carbocycles. The predicted octanol–water partition coefficient (Wildman–Crippen LogP) is 4.15. The van der Waals surface area contributed by atoms with Crippen LogP contribution in [0.5, 0.6) is 5.75 Å². The number of ether oxygens (including phenoxy) is 1. The van der Waals surface area contributed by atoms with Gasteiger partial charge in [0.15, 0.2) is 0 Å². The molecule has 92 valence electrons. The SMILES string of the molecule is CC(C)=CCOc1c(Br)cc(Cl)cc1C(=O)O. The molecule has 0 aliphatic heterocycles. The standard InChI is InChI=1S/C12H12BrClO3/c1-7(2)3-4-17-11-9(12(15)16)5-8(14)6-10(11)13/h3,5-6H,4H2,1-2H3,(H,15,16). The molecule has 1 N–H and O–H groups in total. The summed E-state index contributed by atoms with van der Waals surface area (Å²) in [6.45, 7) is 4.21. The minimum Gasteiger partial charge on any atom is -0.487 e. The van der Waals surface area contributed by atoms with Crippen molar-refractivity contribution in [2.24, 2.45) is 0 Å². The van der Waals surface area contributed by atoms with Crippen LogP contribution in [0.4, 0.5) is 0 Å². The monoisotopic (exact) mass is 318 g/mol. The van der Waals surface area contributed by atoms with Crippen LogP contribution >= 0.6 is 27.5 Å². The van der Waals surface area contributed by atoms with Gasteiger partial charge >= 0.3 is 5.97 Å². The topological polar surface area (TPSA) is 46.5 Å². The number of allylic oxidation sites excluding steroid dienone is 1. The molecular weight excluding hydrogens is 307 g/mol. The van der Waals surface area contributed by atoms with Gasteiger partial charge in [0.05, 0.1) is 4.47 Å². The highest BCUT2D eigenvalue weighted by Gasteiger charge is 2.15. The largest absolute Gasteiger partial charge is 0.487 e. The third kappa shape index (κ3) is 4.06. The van der Waals surface area contributed by atoms with Crippen LogP contribution < -0.4 is 4.74 Å². The van der Waals surface area contributed by atoms with Gasteiger partial charge in [-0.1, -0.05) is 17.2 Å². The number of hydrogen-bond donors (Lipinski definition) is 1. The van der Waals surface area contributed by atoms with Gasteiger partial charge in [0.1, 0.15) is 17.9 Å². The highest BCUT2D eigenvalue weighted by molar-refractivity contribution is 9.10. The lowest BCUT2D eigenvalue weighted by Gasteiger charge is -2.10. The number of carbonyl (C=O) groups is 1. The van der Waals surface area contributed by atoms with E-state index in [0.717, 1.165) is 5.57 Å². The van der Waals surface area contributed by atoms with Crippen LogP contribution in [0.2, 0.25) is 5.02 Å². The van der Waals surface area contributed by atoms with Crippen LogP contribution in [0.25, 0.3) is 0 Å².